The Morgan fingerprint density at radius 2 is 2.00 bits per heavy atom. The summed E-state index contributed by atoms with van der Waals surface area (Å²) in [5.74, 6) is -0.246. The molecule has 0 N–H and O–H groups in total. The van der Waals surface area contributed by atoms with Crippen LogP contribution in [-0.4, -0.2) is 13.1 Å². The van der Waals surface area contributed by atoms with Gasteiger partial charge in [0.1, 0.15) is 4.88 Å². The number of carbonyl (C=O) groups excluding carboxylic acids is 1. The summed E-state index contributed by atoms with van der Waals surface area (Å²) in [6, 6.07) is 14.2. The minimum Gasteiger partial charge on any atom is -0.465 e. The van der Waals surface area contributed by atoms with Gasteiger partial charge in [0.15, 0.2) is 0 Å². The van der Waals surface area contributed by atoms with Crippen LogP contribution < -0.4 is 5.30 Å². The van der Waals surface area contributed by atoms with Crippen molar-refractivity contribution < 1.29 is 9.53 Å². The summed E-state index contributed by atoms with van der Waals surface area (Å²) in [5, 5.41) is 1.35. The number of methoxy groups -OCH3 is 1. The van der Waals surface area contributed by atoms with Crippen molar-refractivity contribution in [3.8, 4) is 0 Å². The highest BCUT2D eigenvalue weighted by Gasteiger charge is 2.08. The van der Waals surface area contributed by atoms with Crippen LogP contribution in [0.3, 0.4) is 0 Å². The van der Waals surface area contributed by atoms with Gasteiger partial charge in [0.25, 0.3) is 0 Å². The Bertz CT molecular complexity index is 493. The Morgan fingerprint density at radius 1 is 1.24 bits per heavy atom. The maximum Gasteiger partial charge on any atom is 0.348 e. The van der Waals surface area contributed by atoms with E-state index in [0.29, 0.717) is 4.88 Å². The summed E-state index contributed by atoms with van der Waals surface area (Å²) in [7, 11) is 2.16. The molecule has 2 aromatic rings. The number of ether oxygens (including phenoxy) is 1. The maximum absolute atomic E-state index is 11.3. The van der Waals surface area contributed by atoms with E-state index in [0.717, 1.165) is 14.7 Å². The second-order valence-electron chi connectivity index (χ2n) is 3.48. The molecule has 1 aromatic carbocycles. The smallest absolute Gasteiger partial charge is 0.348 e. The van der Waals surface area contributed by atoms with E-state index in [1.54, 1.807) is 0 Å². The van der Waals surface area contributed by atoms with Gasteiger partial charge in [0, 0.05) is 11.0 Å². The van der Waals surface area contributed by atoms with Crippen molar-refractivity contribution in [2.24, 2.45) is 0 Å². The van der Waals surface area contributed by atoms with Gasteiger partial charge in [-0.25, -0.2) is 4.79 Å². The fraction of sp³-hybridized carbons (Fsp3) is 0.154. The maximum atomic E-state index is 11.3. The fourth-order valence-electron chi connectivity index (χ4n) is 1.43. The molecule has 0 aliphatic carbocycles. The van der Waals surface area contributed by atoms with E-state index in [1.165, 1.54) is 28.6 Å². The van der Waals surface area contributed by atoms with Crippen molar-refractivity contribution in [2.45, 2.75) is 6.16 Å². The molecule has 88 valence electrons. The zero-order valence-corrected chi connectivity index (χ0v) is 11.3. The third-order valence-corrected chi connectivity index (χ3v) is 4.91. The van der Waals surface area contributed by atoms with Gasteiger partial charge in [0.05, 0.1) is 7.11 Å². The van der Waals surface area contributed by atoms with Gasteiger partial charge in [-0.3, -0.25) is 0 Å². The molecule has 1 aromatic heterocycles. The summed E-state index contributed by atoms with van der Waals surface area (Å²) in [6.45, 7) is 0. The number of hydrogen-bond donors (Lipinski definition) is 0. The van der Waals surface area contributed by atoms with Crippen LogP contribution in [0.4, 0.5) is 0 Å². The first kappa shape index (κ1) is 12.3. The van der Waals surface area contributed by atoms with Gasteiger partial charge in [-0.15, -0.1) is 11.3 Å². The fourth-order valence-corrected chi connectivity index (χ4v) is 3.58. The minimum atomic E-state index is -0.246. The summed E-state index contributed by atoms with van der Waals surface area (Å²) < 4.78 is 4.69. The zero-order chi connectivity index (χ0) is 12.1. The van der Waals surface area contributed by atoms with Gasteiger partial charge in [-0.1, -0.05) is 38.9 Å². The van der Waals surface area contributed by atoms with E-state index in [1.807, 2.05) is 18.2 Å². The molecule has 0 aliphatic rings. The van der Waals surface area contributed by atoms with Crippen LogP contribution in [0.5, 0.6) is 0 Å². The highest BCUT2D eigenvalue weighted by molar-refractivity contribution is 7.46. The largest absolute Gasteiger partial charge is 0.465 e. The standard InChI is InChI=1S/C13H13O2PS/c1-15-13(14)12-8-7-11(17-12)9-16-10-5-3-2-4-6-10/h2-8,16H,9H2,1H3. The zero-order valence-electron chi connectivity index (χ0n) is 9.47. The van der Waals surface area contributed by atoms with E-state index < -0.39 is 0 Å². The second-order valence-corrected chi connectivity index (χ2v) is 5.93. The Hall–Kier alpha value is -1.18. The molecule has 0 saturated heterocycles. The molecule has 0 amide bonds. The van der Waals surface area contributed by atoms with E-state index in [4.69, 9.17) is 0 Å². The molecule has 17 heavy (non-hydrogen) atoms. The van der Waals surface area contributed by atoms with Crippen molar-refractivity contribution in [1.82, 2.24) is 0 Å². The lowest BCUT2D eigenvalue weighted by molar-refractivity contribution is 0.0606. The van der Waals surface area contributed by atoms with Gasteiger partial charge < -0.3 is 4.74 Å². The number of benzene rings is 1. The second kappa shape index (κ2) is 5.95. The number of carbonyl (C=O) groups is 1. The van der Waals surface area contributed by atoms with E-state index in [-0.39, 0.29) is 5.97 Å². The molecule has 4 heteroatoms. The molecule has 1 heterocycles. The number of esters is 1. The molecule has 1 atom stereocenters. The van der Waals surface area contributed by atoms with Crippen LogP contribution in [0.25, 0.3) is 0 Å². The highest BCUT2D eigenvalue weighted by atomic mass is 32.1. The number of hydrogen-bond acceptors (Lipinski definition) is 3. The molecule has 1 unspecified atom stereocenters. The molecule has 0 fully saturated rings. The Labute approximate surface area is 106 Å². The van der Waals surface area contributed by atoms with Crippen LogP contribution in [0.15, 0.2) is 42.5 Å². The molecule has 0 spiro atoms. The predicted octanol–water partition coefficient (Wildman–Crippen LogP) is 3.04. The first-order chi connectivity index (χ1) is 8.29. The van der Waals surface area contributed by atoms with Gasteiger partial charge in [-0.2, -0.15) is 0 Å². The first-order valence-electron chi connectivity index (χ1n) is 5.25. The highest BCUT2D eigenvalue weighted by Crippen LogP contribution is 2.25. The summed E-state index contributed by atoms with van der Waals surface area (Å²) >= 11 is 1.52. The van der Waals surface area contributed by atoms with Crippen molar-refractivity contribution in [3.05, 3.63) is 52.2 Å². The predicted molar refractivity (Wildman–Crippen MR) is 73.8 cm³/mol. The van der Waals surface area contributed by atoms with Crippen molar-refractivity contribution in [3.63, 3.8) is 0 Å². The van der Waals surface area contributed by atoms with E-state index in [2.05, 4.69) is 29.0 Å². The number of thiophene rings is 1. The van der Waals surface area contributed by atoms with Gasteiger partial charge in [-0.05, 0) is 17.4 Å². The van der Waals surface area contributed by atoms with Gasteiger partial charge >= 0.3 is 5.97 Å². The molecule has 0 aliphatic heterocycles. The Balaban J connectivity index is 1.96. The van der Waals surface area contributed by atoms with Crippen LogP contribution >= 0.6 is 19.9 Å². The molecule has 0 bridgehead atoms. The normalized spacial score (nSPS) is 10.9. The van der Waals surface area contributed by atoms with Crippen LogP contribution in [0.1, 0.15) is 14.5 Å². The monoisotopic (exact) mass is 264 g/mol. The lowest BCUT2D eigenvalue weighted by Gasteiger charge is -1.99. The van der Waals surface area contributed by atoms with E-state index in [9.17, 15) is 4.79 Å². The average molecular weight is 264 g/mol. The molecule has 0 radical (unpaired) electrons. The summed E-state index contributed by atoms with van der Waals surface area (Å²) in [4.78, 5) is 13.2. The van der Waals surface area contributed by atoms with E-state index >= 15 is 0 Å². The lowest BCUT2D eigenvalue weighted by atomic mass is 10.4. The molecule has 2 rings (SSSR count). The quantitative estimate of drug-likeness (QED) is 0.626. The molecular formula is C13H13O2PS. The topological polar surface area (TPSA) is 26.3 Å². The average Bonchev–Trinajstić information content (AvgIpc) is 2.85. The molecule has 0 saturated carbocycles. The SMILES string of the molecule is COC(=O)c1ccc(CPc2ccccc2)s1. The molecular weight excluding hydrogens is 251 g/mol. The van der Waals surface area contributed by atoms with Gasteiger partial charge in [0.2, 0.25) is 0 Å². The summed E-state index contributed by atoms with van der Waals surface area (Å²) in [5.41, 5.74) is 0. The Kier molecular flexibility index (Phi) is 4.29. The lowest BCUT2D eigenvalue weighted by Crippen LogP contribution is -1.96. The van der Waals surface area contributed by atoms with Crippen LogP contribution in [-0.2, 0) is 10.9 Å². The summed E-state index contributed by atoms with van der Waals surface area (Å²) in [6.07, 6.45) is 0.992. The third-order valence-electron chi connectivity index (χ3n) is 2.29. The van der Waals surface area contributed by atoms with Crippen molar-refractivity contribution in [1.29, 1.82) is 0 Å². The van der Waals surface area contributed by atoms with Crippen LogP contribution in [0, 0.1) is 0 Å². The molecule has 2 nitrogen and oxygen atoms in total. The van der Waals surface area contributed by atoms with Crippen molar-refractivity contribution in [2.75, 3.05) is 7.11 Å². The third kappa shape index (κ3) is 3.39. The van der Waals surface area contributed by atoms with Crippen molar-refractivity contribution >= 4 is 31.2 Å². The number of rotatable bonds is 4. The minimum absolute atomic E-state index is 0.246. The first-order valence-corrected chi connectivity index (χ1v) is 7.28. The van der Waals surface area contributed by atoms with Crippen LogP contribution in [0.2, 0.25) is 0 Å². The Morgan fingerprint density at radius 3 is 2.71 bits per heavy atom.